The molecule has 1 aliphatic heterocycles. The average molecular weight is 444 g/mol. The zero-order chi connectivity index (χ0) is 21.8. The number of benzene rings is 2. The molecule has 0 saturated carbocycles. The molecule has 31 heavy (non-hydrogen) atoms. The third kappa shape index (κ3) is 4.98. The first-order valence-corrected chi connectivity index (χ1v) is 10.2. The van der Waals surface area contributed by atoms with Crippen LogP contribution in [0.15, 0.2) is 53.1 Å². The van der Waals surface area contributed by atoms with Gasteiger partial charge >= 0.3 is 0 Å². The summed E-state index contributed by atoms with van der Waals surface area (Å²) in [7, 11) is 0. The minimum Gasteiger partial charge on any atom is -0.490 e. The molecule has 0 aliphatic carbocycles. The highest BCUT2D eigenvalue weighted by Crippen LogP contribution is 2.26. The second-order valence-corrected chi connectivity index (χ2v) is 7.97. The van der Waals surface area contributed by atoms with Crippen LogP contribution in [0, 0.1) is 0 Å². The van der Waals surface area contributed by atoms with Crippen molar-refractivity contribution < 1.29 is 23.6 Å². The van der Waals surface area contributed by atoms with Crippen LogP contribution in [0.1, 0.15) is 12.1 Å². The van der Waals surface area contributed by atoms with Crippen LogP contribution in [0.5, 0.6) is 5.75 Å². The van der Waals surface area contributed by atoms with Gasteiger partial charge in [-0.05, 0) is 36.4 Å². The van der Waals surface area contributed by atoms with Crippen molar-refractivity contribution in [2.75, 3.05) is 26.3 Å². The van der Waals surface area contributed by atoms with Crippen molar-refractivity contribution in [3.05, 3.63) is 59.2 Å². The van der Waals surface area contributed by atoms with Crippen molar-refractivity contribution in [1.82, 2.24) is 10.1 Å². The molecule has 162 valence electrons. The molecule has 1 aliphatic rings. The highest BCUT2D eigenvalue weighted by atomic mass is 35.5. The van der Waals surface area contributed by atoms with E-state index in [1.165, 1.54) is 0 Å². The van der Waals surface area contributed by atoms with Gasteiger partial charge in [0.2, 0.25) is 11.8 Å². The number of nitrogens with zero attached hydrogens (tertiary/aromatic N) is 2. The Kier molecular flexibility index (Phi) is 6.11. The zero-order valence-electron chi connectivity index (χ0n) is 16.8. The van der Waals surface area contributed by atoms with E-state index in [2.05, 4.69) is 5.16 Å². The predicted molar refractivity (Wildman–Crippen MR) is 114 cm³/mol. The lowest BCUT2D eigenvalue weighted by molar-refractivity contribution is -0.161. The van der Waals surface area contributed by atoms with Crippen LogP contribution >= 0.6 is 11.6 Å². The molecule has 3 aromatic rings. The van der Waals surface area contributed by atoms with Gasteiger partial charge in [-0.1, -0.05) is 28.9 Å². The van der Waals surface area contributed by atoms with E-state index in [0.717, 1.165) is 5.39 Å². The minimum absolute atomic E-state index is 0.0637. The molecule has 1 fully saturated rings. The van der Waals surface area contributed by atoms with E-state index >= 15 is 0 Å². The molecule has 4 rings (SSSR count). The summed E-state index contributed by atoms with van der Waals surface area (Å²) in [5, 5.41) is 5.43. The van der Waals surface area contributed by atoms with Crippen LogP contribution in [0.4, 0.5) is 0 Å². The van der Waals surface area contributed by atoms with Gasteiger partial charge in [0.1, 0.15) is 23.7 Å². The second kappa shape index (κ2) is 8.95. The zero-order valence-corrected chi connectivity index (χ0v) is 17.5. The third-order valence-electron chi connectivity index (χ3n) is 5.18. The van der Waals surface area contributed by atoms with Gasteiger partial charge in [-0.3, -0.25) is 9.59 Å². The van der Waals surface area contributed by atoms with Gasteiger partial charge in [-0.25, -0.2) is 0 Å². The van der Waals surface area contributed by atoms with E-state index in [1.54, 1.807) is 35.2 Å². The van der Waals surface area contributed by atoms with Crippen LogP contribution < -0.4 is 10.5 Å². The number of fused-ring (bicyclic) bond motifs is 1. The first-order chi connectivity index (χ1) is 14.9. The van der Waals surface area contributed by atoms with Crippen molar-refractivity contribution in [3.63, 3.8) is 0 Å². The monoisotopic (exact) mass is 443 g/mol. The molecule has 2 N–H and O–H groups in total. The third-order valence-corrected chi connectivity index (χ3v) is 5.44. The summed E-state index contributed by atoms with van der Waals surface area (Å²) in [5.41, 5.74) is 5.64. The summed E-state index contributed by atoms with van der Waals surface area (Å²) in [5.74, 6) is -0.0893. The van der Waals surface area contributed by atoms with E-state index in [1.807, 2.05) is 18.2 Å². The van der Waals surface area contributed by atoms with Crippen LogP contribution in [-0.2, 0) is 20.7 Å². The second-order valence-electron chi connectivity index (χ2n) is 7.53. The molecule has 0 unspecified atom stereocenters. The standard InChI is InChI=1S/C22H22ClN3O5/c23-15-5-7-16(8-6-15)29-14-22(12-20(24)27)13-26(9-10-30-22)21(28)11-18-17-3-1-2-4-19(17)31-25-18/h1-8H,9-14H2,(H2,24,27)/t22-/m0/s1. The SMILES string of the molecule is NC(=O)C[C@@]1(COc2ccc(Cl)cc2)CN(C(=O)Cc2noc3ccccc23)CCO1. The fraction of sp³-hybridized carbons (Fsp3) is 0.318. The summed E-state index contributed by atoms with van der Waals surface area (Å²) in [6, 6.07) is 14.2. The molecule has 2 amide bonds. The number of rotatable bonds is 7. The summed E-state index contributed by atoms with van der Waals surface area (Å²) >= 11 is 5.91. The molecular formula is C22H22ClN3O5. The van der Waals surface area contributed by atoms with Crippen LogP contribution in [0.2, 0.25) is 5.02 Å². The van der Waals surface area contributed by atoms with Crippen LogP contribution in [-0.4, -0.2) is 53.8 Å². The van der Waals surface area contributed by atoms with Gasteiger partial charge in [0.25, 0.3) is 0 Å². The maximum atomic E-state index is 13.0. The Labute approximate surface area is 183 Å². The van der Waals surface area contributed by atoms with Crippen LogP contribution in [0.3, 0.4) is 0 Å². The average Bonchev–Trinajstić information content (AvgIpc) is 3.16. The van der Waals surface area contributed by atoms with Crippen molar-refractivity contribution in [1.29, 1.82) is 0 Å². The minimum atomic E-state index is -1.04. The molecule has 8 nitrogen and oxygen atoms in total. The smallest absolute Gasteiger partial charge is 0.228 e. The Morgan fingerprint density at radius 1 is 1.19 bits per heavy atom. The van der Waals surface area contributed by atoms with E-state index in [9.17, 15) is 9.59 Å². The summed E-state index contributed by atoms with van der Waals surface area (Å²) in [4.78, 5) is 26.4. The maximum Gasteiger partial charge on any atom is 0.228 e. The van der Waals surface area contributed by atoms with Crippen molar-refractivity contribution in [2.45, 2.75) is 18.4 Å². The first kappa shape index (κ1) is 21.1. The van der Waals surface area contributed by atoms with Crippen molar-refractivity contribution in [3.8, 4) is 5.75 Å². The number of hydrogen-bond donors (Lipinski definition) is 1. The van der Waals surface area contributed by atoms with Gasteiger partial charge in [0, 0.05) is 17.0 Å². The predicted octanol–water partition coefficient (Wildman–Crippen LogP) is 2.58. The molecule has 0 radical (unpaired) electrons. The summed E-state index contributed by atoms with van der Waals surface area (Å²) in [6.07, 6.45) is 0.0129. The van der Waals surface area contributed by atoms with Gasteiger partial charge in [-0.2, -0.15) is 0 Å². The number of hydrogen-bond acceptors (Lipinski definition) is 6. The highest BCUT2D eigenvalue weighted by molar-refractivity contribution is 6.30. The number of halogens is 1. The maximum absolute atomic E-state index is 13.0. The molecule has 9 heteroatoms. The lowest BCUT2D eigenvalue weighted by atomic mass is 9.97. The number of carbonyl (C=O) groups is 2. The Morgan fingerprint density at radius 3 is 2.74 bits per heavy atom. The van der Waals surface area contributed by atoms with Crippen LogP contribution in [0.25, 0.3) is 11.0 Å². The molecule has 1 saturated heterocycles. The van der Waals surface area contributed by atoms with Crippen molar-refractivity contribution >= 4 is 34.4 Å². The molecular weight excluding hydrogens is 422 g/mol. The first-order valence-electron chi connectivity index (χ1n) is 9.86. The van der Waals surface area contributed by atoms with E-state index < -0.39 is 11.5 Å². The number of aromatic nitrogens is 1. The number of nitrogens with two attached hydrogens (primary N) is 1. The lowest BCUT2D eigenvalue weighted by Gasteiger charge is -2.42. The number of carbonyl (C=O) groups excluding carboxylic acids is 2. The summed E-state index contributed by atoms with van der Waals surface area (Å²) < 4.78 is 17.1. The Bertz CT molecular complexity index is 1080. The van der Waals surface area contributed by atoms with E-state index in [4.69, 9.17) is 31.3 Å². The van der Waals surface area contributed by atoms with Gasteiger partial charge in [0.15, 0.2) is 5.58 Å². The van der Waals surface area contributed by atoms with Gasteiger partial charge in [0.05, 0.1) is 26.0 Å². The van der Waals surface area contributed by atoms with Crippen molar-refractivity contribution in [2.24, 2.45) is 5.73 Å². The Balaban J connectivity index is 1.47. The number of primary amides is 1. The molecule has 1 aromatic heterocycles. The number of para-hydroxylation sites is 1. The molecule has 2 aromatic carbocycles. The normalized spacial score (nSPS) is 18.8. The fourth-order valence-corrected chi connectivity index (χ4v) is 3.81. The Morgan fingerprint density at radius 2 is 1.97 bits per heavy atom. The largest absolute Gasteiger partial charge is 0.490 e. The van der Waals surface area contributed by atoms with Gasteiger partial charge < -0.3 is 24.6 Å². The number of amides is 2. The van der Waals surface area contributed by atoms with E-state index in [0.29, 0.717) is 28.6 Å². The topological polar surface area (TPSA) is 108 Å². The molecule has 0 bridgehead atoms. The quantitative estimate of drug-likeness (QED) is 0.601. The molecule has 0 spiro atoms. The molecule has 1 atom stereocenters. The lowest BCUT2D eigenvalue weighted by Crippen LogP contribution is -2.58. The van der Waals surface area contributed by atoms with E-state index in [-0.39, 0.29) is 38.5 Å². The van der Waals surface area contributed by atoms with Gasteiger partial charge in [-0.15, -0.1) is 0 Å². The molecule has 2 heterocycles. The summed E-state index contributed by atoms with van der Waals surface area (Å²) in [6.45, 7) is 0.908. The number of morpholine rings is 1. The number of ether oxygens (including phenoxy) is 2. The highest BCUT2D eigenvalue weighted by Gasteiger charge is 2.41. The Hall–Kier alpha value is -3.10. The fourth-order valence-electron chi connectivity index (χ4n) is 3.69.